The van der Waals surface area contributed by atoms with E-state index in [4.69, 9.17) is 4.74 Å². The molecule has 1 aliphatic heterocycles. The molecule has 0 saturated carbocycles. The van der Waals surface area contributed by atoms with E-state index in [2.05, 4.69) is 11.2 Å². The van der Waals surface area contributed by atoms with Gasteiger partial charge in [-0.3, -0.25) is 4.68 Å². The zero-order valence-electron chi connectivity index (χ0n) is 10.2. The van der Waals surface area contributed by atoms with Crippen LogP contribution in [0.25, 0.3) is 0 Å². The molecule has 1 aliphatic rings. The number of aromatic nitrogens is 2. The van der Waals surface area contributed by atoms with Crippen LogP contribution >= 0.6 is 0 Å². The molecule has 1 saturated heterocycles. The van der Waals surface area contributed by atoms with Gasteiger partial charge in [-0.15, -0.1) is 0 Å². The summed E-state index contributed by atoms with van der Waals surface area (Å²) in [7, 11) is 1.81. The molecule has 5 nitrogen and oxygen atoms in total. The first-order valence-corrected chi connectivity index (χ1v) is 5.76. The van der Waals surface area contributed by atoms with E-state index in [1.54, 1.807) is 10.9 Å². The van der Waals surface area contributed by atoms with Crippen LogP contribution in [0.4, 0.5) is 0 Å². The molecule has 2 heterocycles. The van der Waals surface area contributed by atoms with E-state index in [9.17, 15) is 10.4 Å². The maximum atomic E-state index is 10.5. The van der Waals surface area contributed by atoms with Crippen molar-refractivity contribution in [3.05, 3.63) is 17.5 Å². The molecule has 1 aromatic rings. The van der Waals surface area contributed by atoms with Crippen molar-refractivity contribution in [2.24, 2.45) is 12.5 Å². The molecule has 1 unspecified atom stereocenters. The van der Waals surface area contributed by atoms with Gasteiger partial charge in [0.15, 0.2) is 0 Å². The topological polar surface area (TPSA) is 71.1 Å². The zero-order chi connectivity index (χ0) is 12.5. The summed E-state index contributed by atoms with van der Waals surface area (Å²) in [6.45, 7) is 2.91. The normalized spacial score (nSPS) is 20.8. The van der Waals surface area contributed by atoms with Crippen molar-refractivity contribution in [3.63, 3.8) is 0 Å². The monoisotopic (exact) mass is 235 g/mol. The van der Waals surface area contributed by atoms with Gasteiger partial charge < -0.3 is 9.84 Å². The molecule has 0 bridgehead atoms. The third kappa shape index (κ3) is 2.06. The smallest absolute Gasteiger partial charge is 0.101 e. The first kappa shape index (κ1) is 12.1. The van der Waals surface area contributed by atoms with Gasteiger partial charge in [0.05, 0.1) is 17.2 Å². The van der Waals surface area contributed by atoms with Crippen LogP contribution in [0, 0.1) is 23.7 Å². The lowest BCUT2D eigenvalue weighted by molar-refractivity contribution is -0.0312. The van der Waals surface area contributed by atoms with E-state index in [1.807, 2.05) is 14.0 Å². The van der Waals surface area contributed by atoms with Crippen LogP contribution in [0.3, 0.4) is 0 Å². The van der Waals surface area contributed by atoms with Gasteiger partial charge in [0.25, 0.3) is 0 Å². The van der Waals surface area contributed by atoms with Crippen molar-refractivity contribution >= 4 is 0 Å². The van der Waals surface area contributed by atoms with Crippen LogP contribution in [0.5, 0.6) is 0 Å². The molecule has 0 amide bonds. The predicted molar refractivity (Wildman–Crippen MR) is 61.0 cm³/mol. The zero-order valence-corrected chi connectivity index (χ0v) is 10.2. The third-order valence-corrected chi connectivity index (χ3v) is 3.48. The van der Waals surface area contributed by atoms with E-state index in [1.165, 1.54) is 0 Å². The Morgan fingerprint density at radius 3 is 2.71 bits per heavy atom. The first-order chi connectivity index (χ1) is 8.09. The molecule has 1 fully saturated rings. The highest BCUT2D eigenvalue weighted by molar-refractivity contribution is 5.24. The Hall–Kier alpha value is -1.38. The maximum Gasteiger partial charge on any atom is 0.101 e. The Morgan fingerprint density at radius 2 is 2.24 bits per heavy atom. The van der Waals surface area contributed by atoms with E-state index in [-0.39, 0.29) is 0 Å². The van der Waals surface area contributed by atoms with E-state index >= 15 is 0 Å². The van der Waals surface area contributed by atoms with Crippen LogP contribution in [-0.4, -0.2) is 28.1 Å². The van der Waals surface area contributed by atoms with Crippen LogP contribution in [-0.2, 0) is 11.8 Å². The minimum Gasteiger partial charge on any atom is -0.387 e. The highest BCUT2D eigenvalue weighted by Crippen LogP contribution is 2.42. The molecule has 2 rings (SSSR count). The van der Waals surface area contributed by atoms with Crippen LogP contribution in [0.2, 0.25) is 0 Å². The second-order valence-electron chi connectivity index (χ2n) is 4.63. The summed E-state index contributed by atoms with van der Waals surface area (Å²) in [6.07, 6.45) is 2.14. The molecule has 92 valence electrons. The molecular formula is C12H17N3O2. The fourth-order valence-electron chi connectivity index (χ4n) is 2.37. The molecule has 1 N–H and O–H groups in total. The highest BCUT2D eigenvalue weighted by atomic mass is 16.5. The summed E-state index contributed by atoms with van der Waals surface area (Å²) in [5.41, 5.74) is 0.795. The molecule has 0 radical (unpaired) electrons. The predicted octanol–water partition coefficient (Wildman–Crippen LogP) is 1.08. The van der Waals surface area contributed by atoms with Crippen LogP contribution < -0.4 is 0 Å². The quantitative estimate of drug-likeness (QED) is 0.832. The second-order valence-corrected chi connectivity index (χ2v) is 4.63. The largest absolute Gasteiger partial charge is 0.387 e. The minimum absolute atomic E-state index is 0.532. The number of aliphatic hydroxyl groups excluding tert-OH is 1. The summed E-state index contributed by atoms with van der Waals surface area (Å²) in [5.74, 6) is 0. The molecular weight excluding hydrogens is 218 g/mol. The summed E-state index contributed by atoms with van der Waals surface area (Å²) < 4.78 is 6.93. The van der Waals surface area contributed by atoms with Crippen molar-refractivity contribution in [2.45, 2.75) is 25.9 Å². The van der Waals surface area contributed by atoms with Crippen LogP contribution in [0.15, 0.2) is 6.20 Å². The third-order valence-electron chi connectivity index (χ3n) is 3.48. The summed E-state index contributed by atoms with van der Waals surface area (Å²) >= 11 is 0. The van der Waals surface area contributed by atoms with Gasteiger partial charge in [-0.2, -0.15) is 10.4 Å². The maximum absolute atomic E-state index is 10.5. The van der Waals surface area contributed by atoms with Gasteiger partial charge >= 0.3 is 0 Å². The lowest BCUT2D eigenvalue weighted by Gasteiger charge is -2.34. The van der Waals surface area contributed by atoms with Gasteiger partial charge in [0.1, 0.15) is 6.10 Å². The van der Waals surface area contributed by atoms with Crippen molar-refractivity contribution in [1.82, 2.24) is 9.78 Å². The lowest BCUT2D eigenvalue weighted by Crippen LogP contribution is -2.34. The summed E-state index contributed by atoms with van der Waals surface area (Å²) in [4.78, 5) is 0. The average molecular weight is 235 g/mol. The number of nitriles is 1. The van der Waals surface area contributed by atoms with E-state index in [0.29, 0.717) is 26.1 Å². The molecule has 0 aromatic carbocycles. The van der Waals surface area contributed by atoms with Gasteiger partial charge in [-0.1, -0.05) is 0 Å². The van der Waals surface area contributed by atoms with Crippen molar-refractivity contribution in [2.75, 3.05) is 13.2 Å². The number of hydrogen-bond donors (Lipinski definition) is 1. The van der Waals surface area contributed by atoms with Crippen molar-refractivity contribution in [3.8, 4) is 6.07 Å². The molecule has 17 heavy (non-hydrogen) atoms. The number of aliphatic hydroxyl groups is 1. The van der Waals surface area contributed by atoms with E-state index in [0.717, 1.165) is 11.3 Å². The standard InChI is InChI=1S/C12H17N3O2/c1-9-10(7-15(2)14-9)11(16)12(8-13)3-5-17-6-4-12/h7,11,16H,3-6H2,1-2H3. The first-order valence-electron chi connectivity index (χ1n) is 5.76. The number of hydrogen-bond acceptors (Lipinski definition) is 4. The molecule has 0 spiro atoms. The average Bonchev–Trinajstić information content (AvgIpc) is 2.68. The van der Waals surface area contributed by atoms with Gasteiger partial charge in [-0.25, -0.2) is 0 Å². The second kappa shape index (κ2) is 4.47. The summed E-state index contributed by atoms with van der Waals surface area (Å²) in [5, 5.41) is 24.0. The van der Waals surface area contributed by atoms with E-state index < -0.39 is 11.5 Å². The Kier molecular flexibility index (Phi) is 3.18. The van der Waals surface area contributed by atoms with Gasteiger partial charge in [0, 0.05) is 32.0 Å². The number of ether oxygens (including phenoxy) is 1. The minimum atomic E-state index is -0.787. The lowest BCUT2D eigenvalue weighted by atomic mass is 9.74. The summed E-state index contributed by atoms with van der Waals surface area (Å²) in [6, 6.07) is 2.29. The SMILES string of the molecule is Cc1nn(C)cc1C(O)C1(C#N)CCOCC1. The van der Waals surface area contributed by atoms with Crippen LogP contribution in [0.1, 0.15) is 30.2 Å². The number of rotatable bonds is 2. The number of nitrogens with zero attached hydrogens (tertiary/aromatic N) is 3. The Morgan fingerprint density at radius 1 is 1.59 bits per heavy atom. The number of aryl methyl sites for hydroxylation is 2. The fraction of sp³-hybridized carbons (Fsp3) is 0.667. The molecule has 0 aliphatic carbocycles. The highest BCUT2D eigenvalue weighted by Gasteiger charge is 2.41. The van der Waals surface area contributed by atoms with Gasteiger partial charge in [-0.05, 0) is 19.8 Å². The molecule has 1 aromatic heterocycles. The molecule has 5 heteroatoms. The fourth-order valence-corrected chi connectivity index (χ4v) is 2.37. The Bertz CT molecular complexity index is 441. The molecule has 1 atom stereocenters. The Balaban J connectivity index is 2.32. The van der Waals surface area contributed by atoms with Gasteiger partial charge in [0.2, 0.25) is 0 Å². The Labute approximate surface area is 101 Å². The van der Waals surface area contributed by atoms with Crippen molar-refractivity contribution < 1.29 is 9.84 Å². The van der Waals surface area contributed by atoms with Crippen molar-refractivity contribution in [1.29, 1.82) is 5.26 Å².